The van der Waals surface area contributed by atoms with E-state index in [1.165, 1.54) is 0 Å². The van der Waals surface area contributed by atoms with Crippen LogP contribution in [0.2, 0.25) is 5.02 Å². The Balaban J connectivity index is 2.49. The minimum absolute atomic E-state index is 0.0362. The van der Waals surface area contributed by atoms with Crippen molar-refractivity contribution in [3.8, 4) is 0 Å². The number of hydrogen-bond acceptors (Lipinski definition) is 1. The summed E-state index contributed by atoms with van der Waals surface area (Å²) in [6.45, 7) is 4.13. The molecule has 1 amide bonds. The lowest BCUT2D eigenvalue weighted by Gasteiger charge is -2.13. The van der Waals surface area contributed by atoms with Crippen LogP contribution in [0, 0.1) is 0 Å². The monoisotopic (exact) mass is 239 g/mol. The van der Waals surface area contributed by atoms with Crippen molar-refractivity contribution in [3.63, 3.8) is 0 Å². The fourth-order valence-corrected chi connectivity index (χ4v) is 1.85. The van der Waals surface area contributed by atoms with Crippen molar-refractivity contribution in [1.82, 2.24) is 5.32 Å². The second kappa shape index (κ2) is 6.54. The molecule has 0 saturated heterocycles. The first-order chi connectivity index (χ1) is 7.63. The lowest BCUT2D eigenvalue weighted by molar-refractivity contribution is -0.121. The third-order valence-corrected chi connectivity index (χ3v) is 2.81. The quantitative estimate of drug-likeness (QED) is 0.840. The number of carbonyl (C=O) groups excluding carboxylic acids is 1. The highest BCUT2D eigenvalue weighted by Gasteiger charge is 2.08. The van der Waals surface area contributed by atoms with Crippen molar-refractivity contribution in [3.05, 3.63) is 34.9 Å². The molecule has 0 bridgehead atoms. The highest BCUT2D eigenvalue weighted by molar-refractivity contribution is 6.31. The van der Waals surface area contributed by atoms with E-state index in [0.717, 1.165) is 18.4 Å². The maximum absolute atomic E-state index is 11.7. The number of carbonyl (C=O) groups is 1. The van der Waals surface area contributed by atoms with E-state index in [1.54, 1.807) is 6.07 Å². The van der Waals surface area contributed by atoms with Gasteiger partial charge in [-0.1, -0.05) is 43.1 Å². The largest absolute Gasteiger partial charge is 0.353 e. The number of rotatable bonds is 5. The van der Waals surface area contributed by atoms with Gasteiger partial charge in [0, 0.05) is 11.1 Å². The van der Waals surface area contributed by atoms with Crippen LogP contribution in [0.5, 0.6) is 0 Å². The van der Waals surface area contributed by atoms with Gasteiger partial charge in [-0.2, -0.15) is 0 Å². The minimum Gasteiger partial charge on any atom is -0.353 e. The Morgan fingerprint density at radius 3 is 2.75 bits per heavy atom. The van der Waals surface area contributed by atoms with Crippen LogP contribution >= 0.6 is 11.6 Å². The van der Waals surface area contributed by atoms with Crippen LogP contribution in [0.15, 0.2) is 24.3 Å². The first-order valence-corrected chi connectivity index (χ1v) is 6.04. The molecule has 1 aromatic carbocycles. The lowest BCUT2D eigenvalue weighted by atomic mass is 10.1. The molecule has 2 nitrogen and oxygen atoms in total. The topological polar surface area (TPSA) is 29.1 Å². The van der Waals surface area contributed by atoms with Crippen LogP contribution in [-0.4, -0.2) is 11.9 Å². The summed E-state index contributed by atoms with van der Waals surface area (Å²) in [7, 11) is 0. The number of nitrogens with one attached hydrogen (secondary N) is 1. The first kappa shape index (κ1) is 13.0. The van der Waals surface area contributed by atoms with Gasteiger partial charge in [0.15, 0.2) is 0 Å². The molecule has 0 spiro atoms. The normalized spacial score (nSPS) is 12.2. The van der Waals surface area contributed by atoms with Crippen molar-refractivity contribution in [2.75, 3.05) is 0 Å². The summed E-state index contributed by atoms with van der Waals surface area (Å²) >= 11 is 5.99. The number of halogens is 1. The van der Waals surface area contributed by atoms with Crippen LogP contribution in [0.4, 0.5) is 0 Å². The van der Waals surface area contributed by atoms with Crippen molar-refractivity contribution < 1.29 is 4.79 Å². The Morgan fingerprint density at radius 1 is 1.44 bits per heavy atom. The molecule has 0 saturated carbocycles. The van der Waals surface area contributed by atoms with Gasteiger partial charge in [0.1, 0.15) is 0 Å². The fraction of sp³-hybridized carbons (Fsp3) is 0.462. The average Bonchev–Trinajstić information content (AvgIpc) is 2.21. The van der Waals surface area contributed by atoms with Gasteiger partial charge in [-0.3, -0.25) is 4.79 Å². The molecule has 88 valence electrons. The summed E-state index contributed by atoms with van der Waals surface area (Å²) in [6.07, 6.45) is 2.44. The molecule has 0 radical (unpaired) electrons. The fourth-order valence-electron chi connectivity index (χ4n) is 1.65. The van der Waals surface area contributed by atoms with E-state index in [9.17, 15) is 4.79 Å². The molecule has 0 aromatic heterocycles. The summed E-state index contributed by atoms with van der Waals surface area (Å²) in [5.74, 6) is 0.0362. The van der Waals surface area contributed by atoms with Gasteiger partial charge in [-0.15, -0.1) is 0 Å². The zero-order chi connectivity index (χ0) is 12.0. The van der Waals surface area contributed by atoms with Gasteiger partial charge in [0.2, 0.25) is 5.91 Å². The Morgan fingerprint density at radius 2 is 2.12 bits per heavy atom. The average molecular weight is 240 g/mol. The Kier molecular flexibility index (Phi) is 5.33. The number of benzene rings is 1. The molecule has 0 unspecified atom stereocenters. The van der Waals surface area contributed by atoms with E-state index < -0.39 is 0 Å². The molecule has 1 aromatic rings. The zero-order valence-corrected chi connectivity index (χ0v) is 10.6. The molecule has 0 heterocycles. The molecule has 3 heteroatoms. The molecule has 0 aliphatic carbocycles. The van der Waals surface area contributed by atoms with E-state index in [1.807, 2.05) is 25.1 Å². The maximum atomic E-state index is 11.7. The Bertz CT molecular complexity index is 352. The molecule has 1 atom stereocenters. The Hall–Kier alpha value is -1.02. The first-order valence-electron chi connectivity index (χ1n) is 5.66. The van der Waals surface area contributed by atoms with Crippen LogP contribution in [-0.2, 0) is 11.2 Å². The molecule has 1 N–H and O–H groups in total. The van der Waals surface area contributed by atoms with Crippen molar-refractivity contribution in [1.29, 1.82) is 0 Å². The molecular weight excluding hydrogens is 222 g/mol. The molecular formula is C13H18ClNO. The summed E-state index contributed by atoms with van der Waals surface area (Å²) in [5, 5.41) is 3.61. The third kappa shape index (κ3) is 4.23. The predicted octanol–water partition coefficient (Wildman–Crippen LogP) is 3.19. The standard InChI is InChI=1S/C13H18ClNO/c1-3-6-10(2)15-13(16)9-11-7-4-5-8-12(11)14/h4-5,7-8,10H,3,6,9H2,1-2H3,(H,15,16)/t10-/m0/s1. The summed E-state index contributed by atoms with van der Waals surface area (Å²) in [4.78, 5) is 11.7. The summed E-state index contributed by atoms with van der Waals surface area (Å²) < 4.78 is 0. The number of hydrogen-bond donors (Lipinski definition) is 1. The maximum Gasteiger partial charge on any atom is 0.224 e. The minimum atomic E-state index is 0.0362. The van der Waals surface area contributed by atoms with Crippen LogP contribution in [0.1, 0.15) is 32.3 Å². The van der Waals surface area contributed by atoms with Gasteiger partial charge in [0.25, 0.3) is 0 Å². The second-order valence-corrected chi connectivity index (χ2v) is 4.43. The highest BCUT2D eigenvalue weighted by Crippen LogP contribution is 2.15. The molecule has 0 fully saturated rings. The van der Waals surface area contributed by atoms with Crippen molar-refractivity contribution >= 4 is 17.5 Å². The summed E-state index contributed by atoms with van der Waals surface area (Å²) in [5.41, 5.74) is 0.880. The molecule has 0 aliphatic heterocycles. The Labute approximate surface area is 102 Å². The van der Waals surface area contributed by atoms with Gasteiger partial charge in [-0.25, -0.2) is 0 Å². The third-order valence-electron chi connectivity index (χ3n) is 2.44. The van der Waals surface area contributed by atoms with Gasteiger partial charge in [-0.05, 0) is 25.0 Å². The zero-order valence-electron chi connectivity index (χ0n) is 9.79. The van der Waals surface area contributed by atoms with Gasteiger partial charge in [0.05, 0.1) is 6.42 Å². The highest BCUT2D eigenvalue weighted by atomic mass is 35.5. The van der Waals surface area contributed by atoms with Crippen LogP contribution < -0.4 is 5.32 Å². The lowest BCUT2D eigenvalue weighted by Crippen LogP contribution is -2.33. The van der Waals surface area contributed by atoms with E-state index in [2.05, 4.69) is 12.2 Å². The number of amides is 1. The second-order valence-electron chi connectivity index (χ2n) is 4.03. The van der Waals surface area contributed by atoms with Crippen LogP contribution in [0.3, 0.4) is 0 Å². The smallest absolute Gasteiger partial charge is 0.224 e. The van der Waals surface area contributed by atoms with Crippen LogP contribution in [0.25, 0.3) is 0 Å². The van der Waals surface area contributed by atoms with Crippen molar-refractivity contribution in [2.24, 2.45) is 0 Å². The molecule has 16 heavy (non-hydrogen) atoms. The van der Waals surface area contributed by atoms with Gasteiger partial charge < -0.3 is 5.32 Å². The van der Waals surface area contributed by atoms with E-state index in [0.29, 0.717) is 11.4 Å². The van der Waals surface area contributed by atoms with E-state index in [-0.39, 0.29) is 11.9 Å². The molecule has 1 rings (SSSR count). The summed E-state index contributed by atoms with van der Waals surface area (Å²) in [6, 6.07) is 7.68. The SMILES string of the molecule is CCC[C@H](C)NC(=O)Cc1ccccc1Cl. The van der Waals surface area contributed by atoms with Gasteiger partial charge >= 0.3 is 0 Å². The van der Waals surface area contributed by atoms with E-state index >= 15 is 0 Å². The molecule has 0 aliphatic rings. The predicted molar refractivity (Wildman–Crippen MR) is 67.7 cm³/mol. The van der Waals surface area contributed by atoms with Crippen molar-refractivity contribution in [2.45, 2.75) is 39.2 Å². The van der Waals surface area contributed by atoms with E-state index in [4.69, 9.17) is 11.6 Å².